The third-order valence-corrected chi connectivity index (χ3v) is 14.0. The summed E-state index contributed by atoms with van der Waals surface area (Å²) in [5.41, 5.74) is 4.31. The Morgan fingerprint density at radius 2 is 1.32 bits per heavy atom. The first kappa shape index (κ1) is 28.0. The molecule has 2 nitrogen and oxygen atoms in total. The van der Waals surface area contributed by atoms with Crippen molar-refractivity contribution < 1.29 is 4.21 Å². The molecule has 0 N–H and O–H groups in total. The van der Waals surface area contributed by atoms with Gasteiger partial charge in [0.2, 0.25) is 0 Å². The molecule has 2 atom stereocenters. The SMILES string of the molecule is CN([C@H](c1ccc2ccccc2c1)c1ccccc1P(C1CCCCC1)C1CCCCC1)[S@@](=O)C(C)(C)C. The van der Waals surface area contributed by atoms with Crippen LogP contribution in [-0.4, -0.2) is 31.6 Å². The van der Waals surface area contributed by atoms with Crippen molar-refractivity contribution in [1.82, 2.24) is 4.31 Å². The van der Waals surface area contributed by atoms with Gasteiger partial charge in [0.05, 0.1) is 10.8 Å². The molecule has 0 aliphatic heterocycles. The Labute approximate surface area is 234 Å². The lowest BCUT2D eigenvalue weighted by Crippen LogP contribution is -2.39. The van der Waals surface area contributed by atoms with E-state index in [9.17, 15) is 4.21 Å². The van der Waals surface area contributed by atoms with Crippen LogP contribution in [0, 0.1) is 0 Å². The molecule has 0 heterocycles. The van der Waals surface area contributed by atoms with E-state index in [4.69, 9.17) is 0 Å². The van der Waals surface area contributed by atoms with Gasteiger partial charge in [-0.15, -0.1) is 0 Å². The molecule has 5 rings (SSSR count). The van der Waals surface area contributed by atoms with Crippen molar-refractivity contribution in [3.05, 3.63) is 77.9 Å². The fraction of sp³-hybridized carbons (Fsp3) is 0.529. The smallest absolute Gasteiger partial charge is 0.100 e. The largest absolute Gasteiger partial charge is 0.242 e. The van der Waals surface area contributed by atoms with Crippen LogP contribution in [0.25, 0.3) is 10.8 Å². The standard InChI is InChI=1S/C34H46NOPS/c1-34(2,3)38(36)35(4)33(28-24-23-26-15-11-12-16-27(26)25-28)31-21-13-14-22-32(31)37(29-17-7-5-8-18-29)30-19-9-6-10-20-30/h11-16,21-25,29-30,33H,5-10,17-20H2,1-4H3/t33-,38+/m1/s1. The van der Waals surface area contributed by atoms with E-state index in [-0.39, 0.29) is 18.7 Å². The summed E-state index contributed by atoms with van der Waals surface area (Å²) in [7, 11) is 0.680. The zero-order chi connectivity index (χ0) is 26.7. The van der Waals surface area contributed by atoms with Crippen LogP contribution in [0.15, 0.2) is 66.7 Å². The summed E-state index contributed by atoms with van der Waals surface area (Å²) in [4.78, 5) is 0. The number of fused-ring (bicyclic) bond motifs is 1. The van der Waals surface area contributed by atoms with Crippen molar-refractivity contribution in [1.29, 1.82) is 0 Å². The van der Waals surface area contributed by atoms with Crippen LogP contribution >= 0.6 is 7.92 Å². The van der Waals surface area contributed by atoms with Gasteiger partial charge in [-0.2, -0.15) is 0 Å². The molecular formula is C34H46NOPS. The fourth-order valence-corrected chi connectivity index (χ4v) is 12.1. The third kappa shape index (κ3) is 6.11. The van der Waals surface area contributed by atoms with Crippen molar-refractivity contribution in [3.63, 3.8) is 0 Å². The Bertz CT molecular complexity index is 1220. The zero-order valence-corrected chi connectivity index (χ0v) is 25.6. The molecule has 38 heavy (non-hydrogen) atoms. The second-order valence-electron chi connectivity index (χ2n) is 12.5. The molecule has 4 heteroatoms. The first-order valence-corrected chi connectivity index (χ1v) is 17.4. The first-order chi connectivity index (χ1) is 18.3. The summed E-state index contributed by atoms with van der Waals surface area (Å²) in [6.45, 7) is 6.29. The Morgan fingerprint density at radius 1 is 0.763 bits per heavy atom. The van der Waals surface area contributed by atoms with Gasteiger partial charge in [-0.3, -0.25) is 0 Å². The maximum absolute atomic E-state index is 13.9. The van der Waals surface area contributed by atoms with Crippen LogP contribution in [0.1, 0.15) is 102 Å². The quantitative estimate of drug-likeness (QED) is 0.270. The zero-order valence-electron chi connectivity index (χ0n) is 23.9. The number of hydrogen-bond acceptors (Lipinski definition) is 1. The molecule has 0 bridgehead atoms. The summed E-state index contributed by atoms with van der Waals surface area (Å²) in [5, 5.41) is 4.11. The molecule has 0 aromatic heterocycles. The molecule has 204 valence electrons. The van der Waals surface area contributed by atoms with E-state index in [1.807, 2.05) is 0 Å². The second-order valence-corrected chi connectivity index (χ2v) is 17.5. The highest BCUT2D eigenvalue weighted by atomic mass is 32.2. The minimum absolute atomic E-state index is 0.0342. The van der Waals surface area contributed by atoms with Gasteiger partial charge in [0.1, 0.15) is 11.0 Å². The molecule has 3 aromatic carbocycles. The molecular weight excluding hydrogens is 501 g/mol. The number of hydrogen-bond donors (Lipinski definition) is 0. The average molecular weight is 548 g/mol. The minimum atomic E-state index is -1.14. The molecule has 2 saturated carbocycles. The number of nitrogens with zero attached hydrogens (tertiary/aromatic N) is 1. The van der Waals surface area contributed by atoms with Gasteiger partial charge in [-0.25, -0.2) is 8.51 Å². The van der Waals surface area contributed by atoms with Crippen molar-refractivity contribution in [2.24, 2.45) is 0 Å². The first-order valence-electron chi connectivity index (χ1n) is 14.9. The monoisotopic (exact) mass is 547 g/mol. The minimum Gasteiger partial charge on any atom is -0.242 e. The van der Waals surface area contributed by atoms with Crippen molar-refractivity contribution in [2.45, 2.75) is 107 Å². The summed E-state index contributed by atoms with van der Waals surface area (Å²) in [5.74, 6) is 0. The second kappa shape index (κ2) is 12.3. The highest BCUT2D eigenvalue weighted by Crippen LogP contribution is 2.56. The predicted molar refractivity (Wildman–Crippen MR) is 168 cm³/mol. The van der Waals surface area contributed by atoms with Gasteiger partial charge in [0.15, 0.2) is 0 Å². The van der Waals surface area contributed by atoms with Crippen LogP contribution in [0.4, 0.5) is 0 Å². The fourth-order valence-electron chi connectivity index (χ4n) is 6.85. The van der Waals surface area contributed by atoms with E-state index in [2.05, 4.69) is 98.9 Å². The molecule has 0 unspecified atom stereocenters. The predicted octanol–water partition coefficient (Wildman–Crippen LogP) is 9.10. The molecule has 0 spiro atoms. The van der Waals surface area contributed by atoms with Gasteiger partial charge in [-0.1, -0.05) is 107 Å². The average Bonchev–Trinajstić information content (AvgIpc) is 2.94. The Balaban J connectivity index is 1.66. The maximum atomic E-state index is 13.9. The van der Waals surface area contributed by atoms with Crippen LogP contribution in [0.3, 0.4) is 0 Å². The lowest BCUT2D eigenvalue weighted by Gasteiger charge is -2.41. The van der Waals surface area contributed by atoms with Gasteiger partial charge in [-0.05, 0) is 91.0 Å². The number of benzene rings is 3. The molecule has 2 fully saturated rings. The van der Waals surface area contributed by atoms with Gasteiger partial charge in [0, 0.05) is 7.05 Å². The Kier molecular flexibility index (Phi) is 9.08. The van der Waals surface area contributed by atoms with Crippen molar-refractivity contribution in [3.8, 4) is 0 Å². The summed E-state index contributed by atoms with van der Waals surface area (Å²) >= 11 is 0. The van der Waals surface area contributed by atoms with E-state index in [1.165, 1.54) is 86.1 Å². The molecule has 0 amide bonds. The Hall–Kier alpha value is -1.54. The van der Waals surface area contributed by atoms with Gasteiger partial charge < -0.3 is 0 Å². The van der Waals surface area contributed by atoms with E-state index in [1.54, 1.807) is 5.30 Å². The Morgan fingerprint density at radius 3 is 1.92 bits per heavy atom. The van der Waals surface area contributed by atoms with Gasteiger partial charge in [0.25, 0.3) is 0 Å². The van der Waals surface area contributed by atoms with Gasteiger partial charge >= 0.3 is 0 Å². The molecule has 2 aliphatic carbocycles. The summed E-state index contributed by atoms with van der Waals surface area (Å²) in [6, 6.07) is 24.8. The van der Waals surface area contributed by atoms with E-state index < -0.39 is 11.0 Å². The highest BCUT2D eigenvalue weighted by molar-refractivity contribution is 7.84. The van der Waals surface area contributed by atoms with Crippen LogP contribution in [0.2, 0.25) is 0 Å². The van der Waals surface area contributed by atoms with Crippen LogP contribution in [-0.2, 0) is 11.0 Å². The topological polar surface area (TPSA) is 20.3 Å². The highest BCUT2D eigenvalue weighted by Gasteiger charge is 2.37. The molecule has 3 aromatic rings. The summed E-state index contributed by atoms with van der Waals surface area (Å²) < 4.78 is 15.8. The van der Waals surface area contributed by atoms with Crippen molar-refractivity contribution in [2.75, 3.05) is 7.05 Å². The number of rotatable bonds is 7. The normalized spacial score (nSPS) is 19.7. The maximum Gasteiger partial charge on any atom is 0.100 e. The van der Waals surface area contributed by atoms with Crippen LogP contribution in [0.5, 0.6) is 0 Å². The van der Waals surface area contributed by atoms with Crippen LogP contribution < -0.4 is 5.30 Å². The van der Waals surface area contributed by atoms with E-state index in [0.717, 1.165) is 11.3 Å². The molecule has 0 radical (unpaired) electrons. The van der Waals surface area contributed by atoms with E-state index >= 15 is 0 Å². The summed E-state index contributed by atoms with van der Waals surface area (Å²) in [6.07, 6.45) is 13.9. The lowest BCUT2D eigenvalue weighted by atomic mass is 9.96. The van der Waals surface area contributed by atoms with E-state index in [0.29, 0.717) is 0 Å². The lowest BCUT2D eigenvalue weighted by molar-refractivity contribution is 0.441. The van der Waals surface area contributed by atoms with Crippen molar-refractivity contribution >= 4 is 35.0 Å². The molecule has 0 saturated heterocycles. The third-order valence-electron chi connectivity index (χ3n) is 8.68. The molecule has 2 aliphatic rings.